The van der Waals surface area contributed by atoms with E-state index in [1.54, 1.807) is 7.11 Å². The van der Waals surface area contributed by atoms with Crippen molar-refractivity contribution in [3.05, 3.63) is 30.1 Å². The zero-order valence-corrected chi connectivity index (χ0v) is 15.9. The third-order valence-electron chi connectivity index (χ3n) is 5.66. The molecule has 1 aromatic heterocycles. The summed E-state index contributed by atoms with van der Waals surface area (Å²) in [7, 11) is 1.66. The highest BCUT2D eigenvalue weighted by Gasteiger charge is 2.31. The van der Waals surface area contributed by atoms with E-state index in [-0.39, 0.29) is 11.8 Å². The fourth-order valence-electron chi connectivity index (χ4n) is 4.16. The number of piperidine rings is 2. The summed E-state index contributed by atoms with van der Waals surface area (Å²) in [5, 5.41) is 3.01. The van der Waals surface area contributed by atoms with Crippen LogP contribution in [0, 0.1) is 5.92 Å². The Kier molecular flexibility index (Phi) is 7.41. The van der Waals surface area contributed by atoms with Crippen LogP contribution in [-0.4, -0.2) is 73.2 Å². The maximum atomic E-state index is 12.3. The van der Waals surface area contributed by atoms with Crippen molar-refractivity contribution in [1.29, 1.82) is 0 Å². The lowest BCUT2D eigenvalue weighted by atomic mass is 9.93. The summed E-state index contributed by atoms with van der Waals surface area (Å²) < 4.78 is 5.02. The molecule has 0 spiro atoms. The number of hydrogen-bond acceptors (Lipinski definition) is 5. The van der Waals surface area contributed by atoms with E-state index in [9.17, 15) is 4.79 Å². The largest absolute Gasteiger partial charge is 0.383 e. The predicted octanol–water partition coefficient (Wildman–Crippen LogP) is 1.52. The van der Waals surface area contributed by atoms with Gasteiger partial charge in [0.05, 0.1) is 12.5 Å². The van der Waals surface area contributed by atoms with Crippen molar-refractivity contribution in [3.63, 3.8) is 0 Å². The number of methoxy groups -OCH3 is 1. The number of carbonyl (C=O) groups excluding carboxylic acids is 1. The van der Waals surface area contributed by atoms with Gasteiger partial charge in [0, 0.05) is 45.2 Å². The predicted molar refractivity (Wildman–Crippen MR) is 102 cm³/mol. The summed E-state index contributed by atoms with van der Waals surface area (Å²) >= 11 is 0. The third-order valence-corrected chi connectivity index (χ3v) is 5.66. The first-order chi connectivity index (χ1) is 12.8. The molecule has 6 nitrogen and oxygen atoms in total. The van der Waals surface area contributed by atoms with Crippen LogP contribution in [0.3, 0.4) is 0 Å². The average molecular weight is 361 g/mol. The summed E-state index contributed by atoms with van der Waals surface area (Å²) in [5.74, 6) is 0.331. The molecule has 2 saturated heterocycles. The topological polar surface area (TPSA) is 57.7 Å². The Balaban J connectivity index is 1.43. The number of nitrogens with one attached hydrogen (secondary N) is 1. The molecular formula is C20H32N4O2. The highest BCUT2D eigenvalue weighted by atomic mass is 16.5. The Morgan fingerprint density at radius 1 is 1.23 bits per heavy atom. The molecule has 6 heteroatoms. The zero-order valence-electron chi connectivity index (χ0n) is 15.9. The first-order valence-electron chi connectivity index (χ1n) is 9.88. The van der Waals surface area contributed by atoms with Gasteiger partial charge in [0.1, 0.15) is 0 Å². The van der Waals surface area contributed by atoms with Crippen molar-refractivity contribution in [2.45, 2.75) is 38.3 Å². The van der Waals surface area contributed by atoms with E-state index in [1.807, 2.05) is 12.4 Å². The first kappa shape index (κ1) is 19.3. The van der Waals surface area contributed by atoms with Crippen molar-refractivity contribution in [3.8, 4) is 0 Å². The Morgan fingerprint density at radius 3 is 2.73 bits per heavy atom. The SMILES string of the molecule is COCCNC(=O)C1CCCN(C2CCN(Cc3ccncc3)CC2)C1. The zero-order chi connectivity index (χ0) is 18.2. The smallest absolute Gasteiger partial charge is 0.224 e. The first-order valence-corrected chi connectivity index (χ1v) is 9.88. The molecule has 0 saturated carbocycles. The Morgan fingerprint density at radius 2 is 2.00 bits per heavy atom. The van der Waals surface area contributed by atoms with Gasteiger partial charge in [-0.1, -0.05) is 0 Å². The van der Waals surface area contributed by atoms with Crippen molar-refractivity contribution < 1.29 is 9.53 Å². The van der Waals surface area contributed by atoms with Crippen molar-refractivity contribution in [2.75, 3.05) is 46.4 Å². The van der Waals surface area contributed by atoms with Crippen LogP contribution >= 0.6 is 0 Å². The summed E-state index contributed by atoms with van der Waals surface area (Å²) in [4.78, 5) is 21.5. The quantitative estimate of drug-likeness (QED) is 0.747. The normalized spacial score (nSPS) is 23.0. The second kappa shape index (κ2) is 10.00. The monoisotopic (exact) mass is 360 g/mol. The van der Waals surface area contributed by atoms with E-state index in [1.165, 1.54) is 18.4 Å². The van der Waals surface area contributed by atoms with Crippen molar-refractivity contribution >= 4 is 5.91 Å². The lowest BCUT2D eigenvalue weighted by Crippen LogP contribution is -2.50. The van der Waals surface area contributed by atoms with Crippen LogP contribution in [0.25, 0.3) is 0 Å². The molecule has 0 aliphatic carbocycles. The van der Waals surface area contributed by atoms with Gasteiger partial charge in [-0.25, -0.2) is 0 Å². The molecule has 144 valence electrons. The van der Waals surface area contributed by atoms with Gasteiger partial charge in [0.25, 0.3) is 0 Å². The van der Waals surface area contributed by atoms with Crippen LogP contribution in [0.1, 0.15) is 31.2 Å². The number of hydrogen-bond donors (Lipinski definition) is 1. The lowest BCUT2D eigenvalue weighted by Gasteiger charge is -2.42. The molecular weight excluding hydrogens is 328 g/mol. The minimum Gasteiger partial charge on any atom is -0.383 e. The van der Waals surface area contributed by atoms with Crippen LogP contribution in [0.2, 0.25) is 0 Å². The third kappa shape index (κ3) is 5.50. The van der Waals surface area contributed by atoms with Crippen molar-refractivity contribution in [2.24, 2.45) is 5.92 Å². The lowest BCUT2D eigenvalue weighted by molar-refractivity contribution is -0.127. The summed E-state index contributed by atoms with van der Waals surface area (Å²) in [6.45, 7) is 6.52. The molecule has 0 aromatic carbocycles. The number of likely N-dealkylation sites (tertiary alicyclic amines) is 2. The fourth-order valence-corrected chi connectivity index (χ4v) is 4.16. The molecule has 2 aliphatic heterocycles. The number of amides is 1. The maximum absolute atomic E-state index is 12.3. The van der Waals surface area contributed by atoms with Crippen LogP contribution < -0.4 is 5.32 Å². The van der Waals surface area contributed by atoms with Crippen LogP contribution in [0.15, 0.2) is 24.5 Å². The number of pyridine rings is 1. The van der Waals surface area contributed by atoms with Crippen LogP contribution in [0.4, 0.5) is 0 Å². The van der Waals surface area contributed by atoms with Gasteiger partial charge < -0.3 is 10.1 Å². The van der Waals surface area contributed by atoms with Gasteiger partial charge >= 0.3 is 0 Å². The molecule has 1 atom stereocenters. The highest BCUT2D eigenvalue weighted by Crippen LogP contribution is 2.24. The van der Waals surface area contributed by atoms with Gasteiger partial charge in [-0.2, -0.15) is 0 Å². The van der Waals surface area contributed by atoms with Gasteiger partial charge in [-0.05, 0) is 63.0 Å². The number of ether oxygens (including phenoxy) is 1. The minimum absolute atomic E-state index is 0.135. The van der Waals surface area contributed by atoms with E-state index in [0.29, 0.717) is 19.2 Å². The molecule has 1 aromatic rings. The molecule has 1 amide bonds. The van der Waals surface area contributed by atoms with Crippen molar-refractivity contribution in [1.82, 2.24) is 20.1 Å². The van der Waals surface area contributed by atoms with E-state index in [2.05, 4.69) is 32.2 Å². The number of rotatable bonds is 7. The second-order valence-corrected chi connectivity index (χ2v) is 7.48. The molecule has 0 bridgehead atoms. The fraction of sp³-hybridized carbons (Fsp3) is 0.700. The van der Waals surface area contributed by atoms with E-state index in [0.717, 1.165) is 45.6 Å². The van der Waals surface area contributed by atoms with Gasteiger partial charge in [0.2, 0.25) is 5.91 Å². The molecule has 1 unspecified atom stereocenters. The highest BCUT2D eigenvalue weighted by molar-refractivity contribution is 5.78. The number of aromatic nitrogens is 1. The van der Waals surface area contributed by atoms with E-state index < -0.39 is 0 Å². The van der Waals surface area contributed by atoms with Gasteiger partial charge in [-0.15, -0.1) is 0 Å². The molecule has 1 N–H and O–H groups in total. The van der Waals surface area contributed by atoms with Crippen LogP contribution in [0.5, 0.6) is 0 Å². The van der Waals surface area contributed by atoms with Crippen LogP contribution in [-0.2, 0) is 16.1 Å². The van der Waals surface area contributed by atoms with E-state index in [4.69, 9.17) is 4.74 Å². The Bertz CT molecular complexity index is 546. The standard InChI is InChI=1S/C20H32N4O2/c1-26-14-10-22-20(25)18-3-2-11-24(16-18)19-6-12-23(13-7-19)15-17-4-8-21-9-5-17/h4-5,8-9,18-19H,2-3,6-7,10-16H2,1H3,(H,22,25). The van der Waals surface area contributed by atoms with Gasteiger partial charge in [0.15, 0.2) is 0 Å². The average Bonchev–Trinajstić information content (AvgIpc) is 2.69. The molecule has 0 radical (unpaired) electrons. The molecule has 2 fully saturated rings. The summed E-state index contributed by atoms with van der Waals surface area (Å²) in [6.07, 6.45) is 8.27. The Hall–Kier alpha value is -1.50. The summed E-state index contributed by atoms with van der Waals surface area (Å²) in [6, 6.07) is 4.82. The molecule has 3 rings (SSSR count). The summed E-state index contributed by atoms with van der Waals surface area (Å²) in [5.41, 5.74) is 1.34. The molecule has 3 heterocycles. The second-order valence-electron chi connectivity index (χ2n) is 7.48. The van der Waals surface area contributed by atoms with E-state index >= 15 is 0 Å². The number of carbonyl (C=O) groups is 1. The molecule has 2 aliphatic rings. The maximum Gasteiger partial charge on any atom is 0.224 e. The number of nitrogens with zero attached hydrogens (tertiary/aromatic N) is 3. The van der Waals surface area contributed by atoms with Gasteiger partial charge in [-0.3, -0.25) is 19.6 Å². The Labute approximate surface area is 156 Å². The minimum atomic E-state index is 0.135. The molecule has 26 heavy (non-hydrogen) atoms.